The van der Waals surface area contributed by atoms with Crippen molar-refractivity contribution in [2.24, 2.45) is 10.9 Å². The second-order valence-corrected chi connectivity index (χ2v) is 9.05. The van der Waals surface area contributed by atoms with Gasteiger partial charge in [-0.25, -0.2) is 4.79 Å². The fourth-order valence-corrected chi connectivity index (χ4v) is 3.92. The normalized spacial score (nSPS) is 22.1. The number of carbonyl (C=O) groups excluding carboxylic acids is 1. The number of rotatable bonds is 6. The number of nitrogens with one attached hydrogen (secondary N) is 2. The molecule has 2 saturated heterocycles. The Morgan fingerprint density at radius 3 is 2.46 bits per heavy atom. The fourth-order valence-electron chi connectivity index (χ4n) is 3.92. The Bertz CT molecular complexity index is 498. The Morgan fingerprint density at radius 1 is 1.07 bits per heavy atom. The van der Waals surface area contributed by atoms with E-state index in [9.17, 15) is 4.79 Å². The van der Waals surface area contributed by atoms with Crippen LogP contribution in [0.2, 0.25) is 0 Å². The largest absolute Gasteiger partial charge is 0.444 e. The highest BCUT2D eigenvalue weighted by Crippen LogP contribution is 2.21. The second kappa shape index (κ2) is 11.5. The molecule has 7 heteroatoms. The van der Waals surface area contributed by atoms with Crippen molar-refractivity contribution in [2.45, 2.75) is 64.9 Å². The number of likely N-dealkylation sites (tertiary alicyclic amines) is 2. The summed E-state index contributed by atoms with van der Waals surface area (Å²) in [6.07, 6.45) is 7.10. The standard InChI is InChI=1S/C21H41N5O2/c1-21(2,3)28-20(27)26-15-8-9-18(17-26)10-11-23-19(22-4)24-12-16-25-13-6-5-7-14-25/h18H,5-17H2,1-4H3,(H2,22,23,24). The lowest BCUT2D eigenvalue weighted by atomic mass is 9.95. The number of piperidine rings is 2. The summed E-state index contributed by atoms with van der Waals surface area (Å²) in [5.41, 5.74) is -0.433. The van der Waals surface area contributed by atoms with E-state index in [-0.39, 0.29) is 6.09 Å². The van der Waals surface area contributed by atoms with Crippen LogP contribution in [0.5, 0.6) is 0 Å². The Hall–Kier alpha value is -1.50. The van der Waals surface area contributed by atoms with Crippen LogP contribution in [0.3, 0.4) is 0 Å². The highest BCUT2D eigenvalue weighted by molar-refractivity contribution is 5.79. The molecule has 0 spiro atoms. The van der Waals surface area contributed by atoms with Gasteiger partial charge in [-0.05, 0) is 71.9 Å². The van der Waals surface area contributed by atoms with Gasteiger partial charge in [-0.3, -0.25) is 4.99 Å². The molecule has 2 aliphatic heterocycles. The molecule has 0 radical (unpaired) electrons. The zero-order chi connectivity index (χ0) is 20.4. The minimum Gasteiger partial charge on any atom is -0.444 e. The van der Waals surface area contributed by atoms with E-state index in [4.69, 9.17) is 4.74 Å². The Labute approximate surface area is 171 Å². The molecule has 7 nitrogen and oxygen atoms in total. The zero-order valence-corrected chi connectivity index (χ0v) is 18.4. The summed E-state index contributed by atoms with van der Waals surface area (Å²) in [6.45, 7) is 12.7. The molecule has 2 rings (SSSR count). The minimum atomic E-state index is -0.433. The summed E-state index contributed by atoms with van der Waals surface area (Å²) in [6, 6.07) is 0. The third kappa shape index (κ3) is 8.67. The second-order valence-electron chi connectivity index (χ2n) is 9.05. The van der Waals surface area contributed by atoms with Gasteiger partial charge in [0.25, 0.3) is 0 Å². The van der Waals surface area contributed by atoms with Gasteiger partial charge in [-0.2, -0.15) is 0 Å². The van der Waals surface area contributed by atoms with Crippen LogP contribution in [0.15, 0.2) is 4.99 Å². The number of guanidine groups is 1. The quantitative estimate of drug-likeness (QED) is 0.535. The smallest absolute Gasteiger partial charge is 0.410 e. The summed E-state index contributed by atoms with van der Waals surface area (Å²) in [4.78, 5) is 21.0. The van der Waals surface area contributed by atoms with Gasteiger partial charge in [0.2, 0.25) is 0 Å². The third-order valence-corrected chi connectivity index (χ3v) is 5.41. The molecule has 2 N–H and O–H groups in total. The van der Waals surface area contributed by atoms with Crippen molar-refractivity contribution in [3.63, 3.8) is 0 Å². The molecule has 0 aromatic carbocycles. The first kappa shape index (κ1) is 22.8. The first-order valence-corrected chi connectivity index (χ1v) is 11.0. The maximum atomic E-state index is 12.3. The van der Waals surface area contributed by atoms with Crippen molar-refractivity contribution in [2.75, 3.05) is 52.9 Å². The van der Waals surface area contributed by atoms with Crippen LogP contribution in [0.25, 0.3) is 0 Å². The number of hydrogen-bond acceptors (Lipinski definition) is 4. The summed E-state index contributed by atoms with van der Waals surface area (Å²) in [5, 5.41) is 6.84. The highest BCUT2D eigenvalue weighted by atomic mass is 16.6. The zero-order valence-electron chi connectivity index (χ0n) is 18.4. The van der Waals surface area contributed by atoms with Gasteiger partial charge in [0.1, 0.15) is 5.60 Å². The molecule has 28 heavy (non-hydrogen) atoms. The molecule has 1 unspecified atom stereocenters. The molecule has 0 bridgehead atoms. The van der Waals surface area contributed by atoms with Crippen molar-refractivity contribution >= 4 is 12.1 Å². The number of hydrogen-bond donors (Lipinski definition) is 2. The van der Waals surface area contributed by atoms with Crippen molar-refractivity contribution in [3.8, 4) is 0 Å². The van der Waals surface area contributed by atoms with Gasteiger partial charge < -0.3 is 25.2 Å². The number of ether oxygens (including phenoxy) is 1. The van der Waals surface area contributed by atoms with Crippen LogP contribution in [0.4, 0.5) is 4.79 Å². The Kier molecular flexibility index (Phi) is 9.35. The van der Waals surface area contributed by atoms with E-state index in [1.54, 1.807) is 0 Å². The average molecular weight is 396 g/mol. The van der Waals surface area contributed by atoms with E-state index < -0.39 is 5.60 Å². The molecule has 2 heterocycles. The van der Waals surface area contributed by atoms with Gasteiger partial charge in [0.05, 0.1) is 0 Å². The molecule has 2 aliphatic rings. The van der Waals surface area contributed by atoms with Crippen LogP contribution in [0, 0.1) is 5.92 Å². The monoisotopic (exact) mass is 395 g/mol. The maximum absolute atomic E-state index is 12.3. The Morgan fingerprint density at radius 2 is 1.79 bits per heavy atom. The van der Waals surface area contributed by atoms with Crippen molar-refractivity contribution in [1.82, 2.24) is 20.4 Å². The molecule has 162 valence electrons. The van der Waals surface area contributed by atoms with E-state index in [0.29, 0.717) is 5.92 Å². The number of nitrogens with zero attached hydrogens (tertiary/aromatic N) is 3. The van der Waals surface area contributed by atoms with Crippen LogP contribution in [-0.2, 0) is 4.74 Å². The molecule has 0 aromatic rings. The Balaban J connectivity index is 1.63. The lowest BCUT2D eigenvalue weighted by molar-refractivity contribution is 0.0162. The van der Waals surface area contributed by atoms with Gasteiger partial charge in [-0.1, -0.05) is 6.42 Å². The van der Waals surface area contributed by atoms with Crippen LogP contribution >= 0.6 is 0 Å². The number of amides is 1. The molecule has 0 saturated carbocycles. The van der Waals surface area contributed by atoms with E-state index in [1.165, 1.54) is 38.8 Å². The molecular weight excluding hydrogens is 354 g/mol. The van der Waals surface area contributed by atoms with Gasteiger partial charge in [0.15, 0.2) is 5.96 Å². The van der Waals surface area contributed by atoms with Crippen molar-refractivity contribution in [3.05, 3.63) is 0 Å². The summed E-state index contributed by atoms with van der Waals surface area (Å²) in [5.74, 6) is 1.39. The van der Waals surface area contributed by atoms with Gasteiger partial charge in [0, 0.05) is 39.8 Å². The van der Waals surface area contributed by atoms with Gasteiger partial charge >= 0.3 is 6.09 Å². The molecule has 1 atom stereocenters. The third-order valence-electron chi connectivity index (χ3n) is 5.41. The number of aliphatic imine (C=N–C) groups is 1. The highest BCUT2D eigenvalue weighted by Gasteiger charge is 2.27. The lowest BCUT2D eigenvalue weighted by Crippen LogP contribution is -2.45. The predicted molar refractivity (Wildman–Crippen MR) is 115 cm³/mol. The summed E-state index contributed by atoms with van der Waals surface area (Å²) < 4.78 is 5.52. The molecule has 1 amide bonds. The van der Waals surface area contributed by atoms with E-state index >= 15 is 0 Å². The molecular formula is C21H41N5O2. The minimum absolute atomic E-state index is 0.180. The summed E-state index contributed by atoms with van der Waals surface area (Å²) >= 11 is 0. The fraction of sp³-hybridized carbons (Fsp3) is 0.905. The first-order valence-electron chi connectivity index (χ1n) is 11.0. The van der Waals surface area contributed by atoms with E-state index in [2.05, 4.69) is 20.5 Å². The average Bonchev–Trinajstić information content (AvgIpc) is 2.66. The predicted octanol–water partition coefficient (Wildman–Crippen LogP) is 2.67. The van der Waals surface area contributed by atoms with Crippen molar-refractivity contribution < 1.29 is 9.53 Å². The molecule has 2 fully saturated rings. The number of carbonyl (C=O) groups is 1. The maximum Gasteiger partial charge on any atom is 0.410 e. The van der Waals surface area contributed by atoms with E-state index in [1.807, 2.05) is 32.7 Å². The van der Waals surface area contributed by atoms with E-state index in [0.717, 1.165) is 51.5 Å². The first-order chi connectivity index (χ1) is 13.4. The molecule has 0 aliphatic carbocycles. The van der Waals surface area contributed by atoms with Crippen molar-refractivity contribution in [1.29, 1.82) is 0 Å². The lowest BCUT2D eigenvalue weighted by Gasteiger charge is -2.34. The molecule has 0 aromatic heterocycles. The topological polar surface area (TPSA) is 69.2 Å². The van der Waals surface area contributed by atoms with Crippen LogP contribution in [0.1, 0.15) is 59.3 Å². The summed E-state index contributed by atoms with van der Waals surface area (Å²) in [7, 11) is 1.82. The van der Waals surface area contributed by atoms with Crippen LogP contribution < -0.4 is 10.6 Å². The van der Waals surface area contributed by atoms with Crippen LogP contribution in [-0.4, -0.2) is 80.3 Å². The SMILES string of the molecule is CN=C(NCCC1CCCN(C(=O)OC(C)(C)C)C1)NCCN1CCCCC1. The van der Waals surface area contributed by atoms with Gasteiger partial charge in [-0.15, -0.1) is 0 Å².